The van der Waals surface area contributed by atoms with Gasteiger partial charge in [0, 0.05) is 36.8 Å². The molecule has 0 spiro atoms. The van der Waals surface area contributed by atoms with Crippen LogP contribution >= 0.6 is 0 Å². The fourth-order valence-electron chi connectivity index (χ4n) is 2.59. The first-order valence-corrected chi connectivity index (χ1v) is 9.59. The molecule has 0 atom stereocenters. The number of ether oxygens (including phenoxy) is 1. The Labute approximate surface area is 170 Å². The van der Waals surface area contributed by atoms with Crippen LogP contribution in [0.1, 0.15) is 46.1 Å². The summed E-state index contributed by atoms with van der Waals surface area (Å²) in [5.74, 6) is 0.0475. The lowest BCUT2D eigenvalue weighted by molar-refractivity contribution is -0.181. The van der Waals surface area contributed by atoms with Crippen molar-refractivity contribution in [1.29, 1.82) is 0 Å². The van der Waals surface area contributed by atoms with Gasteiger partial charge in [0.1, 0.15) is 11.4 Å². The number of amidine groups is 1. The Kier molecular flexibility index (Phi) is 7.72. The number of carbonyl (C=O) groups excluding carboxylic acids is 2. The maximum atomic E-state index is 13.0. The summed E-state index contributed by atoms with van der Waals surface area (Å²) in [6.45, 7) is 8.04. The zero-order valence-corrected chi connectivity index (χ0v) is 17.4. The highest BCUT2D eigenvalue weighted by atomic mass is 16.7. The normalized spacial score (nSPS) is 13.5. The van der Waals surface area contributed by atoms with Crippen LogP contribution in [0.2, 0.25) is 0 Å². The first kappa shape index (κ1) is 22.4. The lowest BCUT2D eigenvalue weighted by Gasteiger charge is -2.23. The zero-order chi connectivity index (χ0) is 21.4. The van der Waals surface area contributed by atoms with Gasteiger partial charge in [0.2, 0.25) is 0 Å². The molecule has 2 heterocycles. The summed E-state index contributed by atoms with van der Waals surface area (Å²) in [6.07, 6.45) is 5.39. The van der Waals surface area contributed by atoms with Crippen molar-refractivity contribution in [1.82, 2.24) is 15.4 Å². The van der Waals surface area contributed by atoms with Crippen molar-refractivity contribution in [2.24, 2.45) is 10.7 Å². The van der Waals surface area contributed by atoms with Gasteiger partial charge in [-0.1, -0.05) is 6.92 Å². The Morgan fingerprint density at radius 2 is 2.10 bits per heavy atom. The van der Waals surface area contributed by atoms with E-state index in [1.165, 1.54) is 5.06 Å². The number of amides is 2. The van der Waals surface area contributed by atoms with E-state index in [0.717, 1.165) is 5.56 Å². The molecule has 2 rings (SSSR count). The topological polar surface area (TPSA) is 119 Å². The predicted molar refractivity (Wildman–Crippen MR) is 110 cm³/mol. The van der Waals surface area contributed by atoms with Gasteiger partial charge in [-0.2, -0.15) is 0 Å². The van der Waals surface area contributed by atoms with Crippen LogP contribution < -0.4 is 11.1 Å². The molecule has 158 valence electrons. The summed E-state index contributed by atoms with van der Waals surface area (Å²) >= 11 is 0. The second-order valence-corrected chi connectivity index (χ2v) is 7.55. The Bertz CT molecular complexity index is 798. The van der Waals surface area contributed by atoms with Crippen LogP contribution in [-0.2, 0) is 14.4 Å². The van der Waals surface area contributed by atoms with E-state index in [0.29, 0.717) is 30.1 Å². The number of nitrogens with one attached hydrogen (secondary N) is 1. The van der Waals surface area contributed by atoms with Gasteiger partial charge >= 0.3 is 6.09 Å². The highest BCUT2D eigenvalue weighted by Crippen LogP contribution is 2.26. The summed E-state index contributed by atoms with van der Waals surface area (Å²) in [4.78, 5) is 38.7. The molecule has 1 aliphatic rings. The minimum atomic E-state index is -0.575. The SMILES string of the molecule is CCCN(OCCNC(=O)OC(C)(C)C)C(=O)C1=Cc2ccncc2N=C(N)C1. The first-order chi connectivity index (χ1) is 13.7. The number of carbonyl (C=O) groups is 2. The third-order valence-corrected chi connectivity index (χ3v) is 3.74. The van der Waals surface area contributed by atoms with Crippen LogP contribution in [-0.4, -0.2) is 53.2 Å². The van der Waals surface area contributed by atoms with Crippen LogP contribution in [0.25, 0.3) is 6.08 Å². The molecule has 1 aromatic heterocycles. The number of hydrogen-bond donors (Lipinski definition) is 2. The Hall–Kier alpha value is -2.94. The zero-order valence-electron chi connectivity index (χ0n) is 17.4. The van der Waals surface area contributed by atoms with Gasteiger partial charge < -0.3 is 15.8 Å². The molecule has 1 aliphatic heterocycles. The number of fused-ring (bicyclic) bond motifs is 1. The van der Waals surface area contributed by atoms with Gasteiger partial charge in [-0.05, 0) is 39.3 Å². The summed E-state index contributed by atoms with van der Waals surface area (Å²) in [5.41, 5.74) is 7.26. The van der Waals surface area contributed by atoms with Gasteiger partial charge in [-0.15, -0.1) is 0 Å². The molecule has 1 aromatic rings. The Morgan fingerprint density at radius 3 is 2.79 bits per heavy atom. The van der Waals surface area contributed by atoms with Crippen LogP contribution in [0, 0.1) is 0 Å². The minimum absolute atomic E-state index is 0.127. The molecule has 0 aromatic carbocycles. The minimum Gasteiger partial charge on any atom is -0.444 e. The molecule has 0 saturated heterocycles. The molecule has 0 unspecified atom stereocenters. The van der Waals surface area contributed by atoms with Crippen molar-refractivity contribution >= 4 is 29.6 Å². The molecule has 0 fully saturated rings. The molecule has 2 amide bonds. The maximum Gasteiger partial charge on any atom is 0.407 e. The third-order valence-electron chi connectivity index (χ3n) is 3.74. The van der Waals surface area contributed by atoms with E-state index in [2.05, 4.69) is 15.3 Å². The first-order valence-electron chi connectivity index (χ1n) is 9.59. The fraction of sp³-hybridized carbons (Fsp3) is 0.500. The number of pyridine rings is 1. The number of aromatic nitrogens is 1. The highest BCUT2D eigenvalue weighted by Gasteiger charge is 2.22. The maximum absolute atomic E-state index is 13.0. The predicted octanol–water partition coefficient (Wildman–Crippen LogP) is 2.55. The average Bonchev–Trinajstić information content (AvgIpc) is 2.80. The number of nitrogens with two attached hydrogens (primary N) is 1. The lowest BCUT2D eigenvalue weighted by atomic mass is 10.1. The monoisotopic (exact) mass is 403 g/mol. The molecule has 0 saturated carbocycles. The Balaban J connectivity index is 2.00. The van der Waals surface area contributed by atoms with Crippen LogP contribution in [0.5, 0.6) is 0 Å². The van der Waals surface area contributed by atoms with Crippen LogP contribution in [0.15, 0.2) is 29.0 Å². The second-order valence-electron chi connectivity index (χ2n) is 7.55. The van der Waals surface area contributed by atoms with Crippen molar-refractivity contribution in [3.63, 3.8) is 0 Å². The largest absolute Gasteiger partial charge is 0.444 e. The van der Waals surface area contributed by atoms with Crippen molar-refractivity contribution in [3.8, 4) is 0 Å². The second kappa shape index (κ2) is 10.0. The van der Waals surface area contributed by atoms with Crippen molar-refractivity contribution in [2.45, 2.75) is 46.1 Å². The van der Waals surface area contributed by atoms with Gasteiger partial charge in [-0.25, -0.2) is 14.9 Å². The number of alkyl carbamates (subject to hydrolysis) is 1. The average molecular weight is 403 g/mol. The smallest absolute Gasteiger partial charge is 0.407 e. The van der Waals surface area contributed by atoms with Gasteiger partial charge in [0.05, 0.1) is 18.5 Å². The quantitative estimate of drug-likeness (QED) is 0.533. The van der Waals surface area contributed by atoms with Crippen molar-refractivity contribution < 1.29 is 19.2 Å². The standard InChI is InChI=1S/C20H29N5O4/c1-5-9-25(28-10-8-23-19(27)29-20(2,3)4)18(26)15-11-14-6-7-22-13-16(14)24-17(21)12-15/h6-7,11,13H,5,8-10,12H2,1-4H3,(H2,21,24)(H,23,27). The van der Waals surface area contributed by atoms with E-state index >= 15 is 0 Å². The molecule has 9 nitrogen and oxygen atoms in total. The van der Waals surface area contributed by atoms with Gasteiger partial charge in [-0.3, -0.25) is 14.6 Å². The van der Waals surface area contributed by atoms with E-state index < -0.39 is 11.7 Å². The summed E-state index contributed by atoms with van der Waals surface area (Å²) in [6, 6.07) is 1.78. The van der Waals surface area contributed by atoms with Gasteiger partial charge in [0.25, 0.3) is 5.91 Å². The number of hydrogen-bond acceptors (Lipinski definition) is 7. The van der Waals surface area contributed by atoms with E-state index in [4.69, 9.17) is 15.3 Å². The summed E-state index contributed by atoms with van der Waals surface area (Å²) < 4.78 is 5.17. The number of hydroxylamine groups is 2. The number of aliphatic imine (C=N–C) groups is 1. The van der Waals surface area contributed by atoms with Crippen molar-refractivity contribution in [2.75, 3.05) is 19.7 Å². The number of rotatable bonds is 7. The molecule has 9 heteroatoms. The van der Waals surface area contributed by atoms with E-state index in [1.54, 1.807) is 45.3 Å². The van der Waals surface area contributed by atoms with Gasteiger partial charge in [0.15, 0.2) is 0 Å². The van der Waals surface area contributed by atoms with E-state index in [9.17, 15) is 9.59 Å². The molecule has 29 heavy (non-hydrogen) atoms. The van der Waals surface area contributed by atoms with E-state index in [1.807, 2.05) is 6.92 Å². The molecule has 0 aliphatic carbocycles. The molecule has 0 radical (unpaired) electrons. The fourth-order valence-corrected chi connectivity index (χ4v) is 2.59. The molecule has 0 bridgehead atoms. The highest BCUT2D eigenvalue weighted by molar-refractivity contribution is 6.05. The summed E-state index contributed by atoms with van der Waals surface area (Å²) in [5, 5.41) is 3.89. The lowest BCUT2D eigenvalue weighted by Crippen LogP contribution is -2.38. The third kappa shape index (κ3) is 7.19. The van der Waals surface area contributed by atoms with E-state index in [-0.39, 0.29) is 25.5 Å². The summed E-state index contributed by atoms with van der Waals surface area (Å²) in [7, 11) is 0. The molecular formula is C20H29N5O4. The van der Waals surface area contributed by atoms with Crippen molar-refractivity contribution in [3.05, 3.63) is 29.6 Å². The van der Waals surface area contributed by atoms with Crippen LogP contribution in [0.3, 0.4) is 0 Å². The van der Waals surface area contributed by atoms with Crippen LogP contribution in [0.4, 0.5) is 10.5 Å². The molecular weight excluding hydrogens is 374 g/mol. The Morgan fingerprint density at radius 1 is 1.34 bits per heavy atom. The number of nitrogens with zero attached hydrogens (tertiary/aromatic N) is 3. The molecule has 3 N–H and O–H groups in total.